The van der Waals surface area contributed by atoms with Crippen molar-refractivity contribution in [3.63, 3.8) is 0 Å². The summed E-state index contributed by atoms with van der Waals surface area (Å²) in [4.78, 5) is 9.95. The molecule has 0 amide bonds. The van der Waals surface area contributed by atoms with Crippen LogP contribution in [0.2, 0.25) is 0 Å². The van der Waals surface area contributed by atoms with Crippen molar-refractivity contribution in [1.29, 1.82) is 0 Å². The van der Waals surface area contributed by atoms with E-state index in [1.807, 2.05) is 4.90 Å². The maximum Gasteiger partial charge on any atom is 0.224 e. The first kappa shape index (κ1) is 12.7. The van der Waals surface area contributed by atoms with Crippen molar-refractivity contribution >= 4 is 11.8 Å². The standard InChI is InChI=1S/C11H19FN4/c1-4-6-16(7-5-2)10-9(12)8-14-11(13-3)15-10/h8H,4-7H2,1-3H3,(H,13,14,15). The maximum absolute atomic E-state index is 13.6. The molecule has 0 fully saturated rings. The Morgan fingerprint density at radius 1 is 1.31 bits per heavy atom. The number of hydrogen-bond donors (Lipinski definition) is 1. The molecule has 0 aromatic carbocycles. The Hall–Kier alpha value is -1.39. The fraction of sp³-hybridized carbons (Fsp3) is 0.636. The van der Waals surface area contributed by atoms with Crippen LogP contribution < -0.4 is 10.2 Å². The molecule has 1 N–H and O–H groups in total. The molecule has 0 radical (unpaired) electrons. The predicted molar refractivity (Wildman–Crippen MR) is 64.3 cm³/mol. The summed E-state index contributed by atoms with van der Waals surface area (Å²) >= 11 is 0. The van der Waals surface area contributed by atoms with Gasteiger partial charge in [0.15, 0.2) is 11.6 Å². The zero-order chi connectivity index (χ0) is 12.0. The van der Waals surface area contributed by atoms with Gasteiger partial charge in [-0.1, -0.05) is 13.8 Å². The summed E-state index contributed by atoms with van der Waals surface area (Å²) in [7, 11) is 1.72. The Balaban J connectivity index is 2.96. The van der Waals surface area contributed by atoms with Crippen molar-refractivity contribution in [3.05, 3.63) is 12.0 Å². The summed E-state index contributed by atoms with van der Waals surface area (Å²) in [6.45, 7) is 5.76. The molecule has 1 rings (SSSR count). The van der Waals surface area contributed by atoms with Crippen LogP contribution in [0.25, 0.3) is 0 Å². The van der Waals surface area contributed by atoms with Gasteiger partial charge in [-0.15, -0.1) is 0 Å². The van der Waals surface area contributed by atoms with Crippen LogP contribution in [0.15, 0.2) is 6.20 Å². The van der Waals surface area contributed by atoms with Gasteiger partial charge in [0.1, 0.15) is 0 Å². The van der Waals surface area contributed by atoms with E-state index in [1.54, 1.807) is 7.05 Å². The van der Waals surface area contributed by atoms with Crippen LogP contribution in [0.1, 0.15) is 26.7 Å². The molecule has 0 aliphatic rings. The Kier molecular flexibility index (Phi) is 4.95. The van der Waals surface area contributed by atoms with E-state index in [0.29, 0.717) is 11.8 Å². The third kappa shape index (κ3) is 3.05. The van der Waals surface area contributed by atoms with E-state index in [0.717, 1.165) is 25.9 Å². The predicted octanol–water partition coefficient (Wildman–Crippen LogP) is 2.28. The van der Waals surface area contributed by atoms with Crippen molar-refractivity contribution in [3.8, 4) is 0 Å². The highest BCUT2D eigenvalue weighted by atomic mass is 19.1. The van der Waals surface area contributed by atoms with Gasteiger partial charge in [0.05, 0.1) is 6.20 Å². The molecule has 0 spiro atoms. The van der Waals surface area contributed by atoms with Crippen LogP contribution in [0.5, 0.6) is 0 Å². The Morgan fingerprint density at radius 3 is 2.44 bits per heavy atom. The van der Waals surface area contributed by atoms with Crippen molar-refractivity contribution < 1.29 is 4.39 Å². The molecule has 90 valence electrons. The fourth-order valence-electron chi connectivity index (χ4n) is 1.56. The molecule has 0 atom stereocenters. The zero-order valence-corrected chi connectivity index (χ0v) is 10.1. The molecule has 4 nitrogen and oxygen atoms in total. The van der Waals surface area contributed by atoms with Crippen molar-refractivity contribution in [2.24, 2.45) is 0 Å². The van der Waals surface area contributed by atoms with Crippen LogP contribution in [-0.4, -0.2) is 30.1 Å². The number of nitrogens with one attached hydrogen (secondary N) is 1. The molecule has 16 heavy (non-hydrogen) atoms. The van der Waals surface area contributed by atoms with Crippen molar-refractivity contribution in [1.82, 2.24) is 9.97 Å². The summed E-state index contributed by atoms with van der Waals surface area (Å²) in [6.07, 6.45) is 3.16. The topological polar surface area (TPSA) is 41.1 Å². The minimum atomic E-state index is -0.360. The average Bonchev–Trinajstić information content (AvgIpc) is 2.29. The van der Waals surface area contributed by atoms with Crippen LogP contribution in [0.3, 0.4) is 0 Å². The summed E-state index contributed by atoms with van der Waals surface area (Å²) in [5, 5.41) is 2.82. The molecule has 0 unspecified atom stereocenters. The van der Waals surface area contributed by atoms with E-state index < -0.39 is 0 Å². The van der Waals surface area contributed by atoms with Gasteiger partial charge in [0.25, 0.3) is 0 Å². The van der Waals surface area contributed by atoms with Crippen LogP contribution in [0, 0.1) is 5.82 Å². The van der Waals surface area contributed by atoms with Gasteiger partial charge in [0, 0.05) is 20.1 Å². The van der Waals surface area contributed by atoms with E-state index >= 15 is 0 Å². The lowest BCUT2D eigenvalue weighted by Crippen LogP contribution is -2.27. The largest absolute Gasteiger partial charge is 0.357 e. The molecular formula is C11H19FN4. The molecule has 0 aliphatic carbocycles. The number of halogens is 1. The second kappa shape index (κ2) is 6.25. The lowest BCUT2D eigenvalue weighted by Gasteiger charge is -2.23. The first-order chi connectivity index (χ1) is 7.72. The number of nitrogens with zero attached hydrogens (tertiary/aromatic N) is 3. The molecule has 0 saturated carbocycles. The molecule has 1 aromatic rings. The highest BCUT2D eigenvalue weighted by Crippen LogP contribution is 2.17. The van der Waals surface area contributed by atoms with E-state index in [1.165, 1.54) is 6.20 Å². The number of hydrogen-bond acceptors (Lipinski definition) is 4. The molecule has 5 heteroatoms. The summed E-state index contributed by atoms with van der Waals surface area (Å²) < 4.78 is 13.6. The minimum absolute atomic E-state index is 0.360. The Morgan fingerprint density at radius 2 is 1.94 bits per heavy atom. The van der Waals surface area contributed by atoms with Gasteiger partial charge in [-0.25, -0.2) is 9.37 Å². The van der Waals surface area contributed by atoms with Gasteiger partial charge in [-0.3, -0.25) is 0 Å². The van der Waals surface area contributed by atoms with E-state index in [9.17, 15) is 4.39 Å². The highest BCUT2D eigenvalue weighted by Gasteiger charge is 2.13. The molecule has 1 heterocycles. The van der Waals surface area contributed by atoms with Crippen LogP contribution in [0.4, 0.5) is 16.2 Å². The normalized spacial score (nSPS) is 10.2. The second-order valence-electron chi connectivity index (χ2n) is 3.60. The maximum atomic E-state index is 13.6. The molecular weight excluding hydrogens is 207 g/mol. The monoisotopic (exact) mass is 226 g/mol. The zero-order valence-electron chi connectivity index (χ0n) is 10.1. The Labute approximate surface area is 95.9 Å². The molecule has 0 saturated heterocycles. The molecule has 0 bridgehead atoms. The fourth-order valence-corrected chi connectivity index (χ4v) is 1.56. The van der Waals surface area contributed by atoms with E-state index in [4.69, 9.17) is 0 Å². The molecule has 0 aliphatic heterocycles. The average molecular weight is 226 g/mol. The lowest BCUT2D eigenvalue weighted by molar-refractivity contribution is 0.598. The molecule has 1 aromatic heterocycles. The third-order valence-electron chi connectivity index (χ3n) is 2.24. The quantitative estimate of drug-likeness (QED) is 0.808. The first-order valence-corrected chi connectivity index (χ1v) is 5.68. The highest BCUT2D eigenvalue weighted by molar-refractivity contribution is 5.43. The number of anilines is 2. The number of rotatable bonds is 6. The lowest BCUT2D eigenvalue weighted by atomic mass is 10.3. The smallest absolute Gasteiger partial charge is 0.224 e. The second-order valence-corrected chi connectivity index (χ2v) is 3.60. The van der Waals surface area contributed by atoms with Crippen molar-refractivity contribution in [2.75, 3.05) is 30.4 Å². The first-order valence-electron chi connectivity index (χ1n) is 5.68. The van der Waals surface area contributed by atoms with E-state index in [-0.39, 0.29) is 5.82 Å². The SMILES string of the molecule is CCCN(CCC)c1nc(NC)ncc1F. The third-order valence-corrected chi connectivity index (χ3v) is 2.24. The van der Waals surface area contributed by atoms with Gasteiger partial charge in [-0.05, 0) is 12.8 Å². The summed E-state index contributed by atoms with van der Waals surface area (Å²) in [6, 6.07) is 0. The minimum Gasteiger partial charge on any atom is -0.357 e. The van der Waals surface area contributed by atoms with Gasteiger partial charge >= 0.3 is 0 Å². The van der Waals surface area contributed by atoms with Crippen LogP contribution in [-0.2, 0) is 0 Å². The van der Waals surface area contributed by atoms with Crippen molar-refractivity contribution in [2.45, 2.75) is 26.7 Å². The summed E-state index contributed by atoms with van der Waals surface area (Å²) in [5.74, 6) is 0.484. The van der Waals surface area contributed by atoms with Gasteiger partial charge in [-0.2, -0.15) is 4.98 Å². The van der Waals surface area contributed by atoms with Gasteiger partial charge in [0.2, 0.25) is 5.95 Å². The Bertz CT molecular complexity index is 324. The van der Waals surface area contributed by atoms with E-state index in [2.05, 4.69) is 29.1 Å². The summed E-state index contributed by atoms with van der Waals surface area (Å²) in [5.41, 5.74) is 0. The number of aromatic nitrogens is 2. The van der Waals surface area contributed by atoms with Crippen LogP contribution >= 0.6 is 0 Å². The van der Waals surface area contributed by atoms with Gasteiger partial charge < -0.3 is 10.2 Å².